The van der Waals surface area contributed by atoms with Crippen LogP contribution in [-0.4, -0.2) is 28.5 Å². The van der Waals surface area contributed by atoms with E-state index >= 15 is 0 Å². The van der Waals surface area contributed by atoms with Crippen molar-refractivity contribution >= 4 is 49.4 Å². The predicted molar refractivity (Wildman–Crippen MR) is 67.7 cm³/mol. The smallest absolute Gasteiger partial charge is 0.308 e. The molecule has 0 spiro atoms. The first-order valence-corrected chi connectivity index (χ1v) is 6.43. The summed E-state index contributed by atoms with van der Waals surface area (Å²) in [5.74, 6) is -1.78. The fourth-order valence-corrected chi connectivity index (χ4v) is 2.80. The maximum absolute atomic E-state index is 11.7. The van der Waals surface area contributed by atoms with Gasteiger partial charge in [-0.25, -0.2) is 4.98 Å². The third-order valence-electron chi connectivity index (χ3n) is 2.56. The van der Waals surface area contributed by atoms with Crippen molar-refractivity contribution in [2.24, 2.45) is 5.92 Å². The fraction of sp³-hybridized carbons (Fsp3) is 0.300. The third-order valence-corrected chi connectivity index (χ3v) is 3.59. The quantitative estimate of drug-likeness (QED) is 0.816. The molecule has 17 heavy (non-hydrogen) atoms. The first-order chi connectivity index (χ1) is 7.99. The van der Waals surface area contributed by atoms with Gasteiger partial charge in [-0.05, 0) is 44.0 Å². The maximum atomic E-state index is 11.7. The molecule has 2 rings (SSSR count). The first kappa shape index (κ1) is 12.5. The van der Waals surface area contributed by atoms with E-state index in [0.29, 0.717) is 14.9 Å². The molecule has 0 bridgehead atoms. The van der Waals surface area contributed by atoms with Crippen molar-refractivity contribution in [1.82, 2.24) is 4.98 Å². The normalized spacial score (nSPS) is 19.8. The highest BCUT2D eigenvalue weighted by molar-refractivity contribution is 9.11. The summed E-state index contributed by atoms with van der Waals surface area (Å²) in [6.07, 6.45) is 0.0395. The van der Waals surface area contributed by atoms with Gasteiger partial charge in [0.1, 0.15) is 9.21 Å². The van der Waals surface area contributed by atoms with Crippen molar-refractivity contribution in [3.63, 3.8) is 0 Å². The lowest BCUT2D eigenvalue weighted by Crippen LogP contribution is -2.26. The number of anilines is 1. The molecule has 1 N–H and O–H groups in total. The molecule has 0 aliphatic carbocycles. The number of carboxylic acid groups (broad SMARTS) is 1. The molecule has 1 aliphatic heterocycles. The number of carboxylic acids is 1. The molecular weight excluding hydrogens is 356 g/mol. The Morgan fingerprint density at radius 3 is 2.71 bits per heavy atom. The number of carbonyl (C=O) groups excluding carboxylic acids is 1. The largest absolute Gasteiger partial charge is 0.481 e. The van der Waals surface area contributed by atoms with Gasteiger partial charge in [0.05, 0.1) is 11.6 Å². The Labute approximate surface area is 114 Å². The lowest BCUT2D eigenvalue weighted by atomic mass is 10.1. The predicted octanol–water partition coefficient (Wildman–Crippen LogP) is 2.04. The van der Waals surface area contributed by atoms with Gasteiger partial charge in [-0.1, -0.05) is 0 Å². The van der Waals surface area contributed by atoms with Crippen LogP contribution in [0.15, 0.2) is 21.3 Å². The van der Waals surface area contributed by atoms with Gasteiger partial charge in [0.25, 0.3) is 0 Å². The van der Waals surface area contributed by atoms with Crippen LogP contribution in [0.1, 0.15) is 6.42 Å². The van der Waals surface area contributed by atoms with Gasteiger partial charge in [0.2, 0.25) is 5.91 Å². The molecule has 7 heteroatoms. The molecule has 1 atom stereocenters. The van der Waals surface area contributed by atoms with Crippen molar-refractivity contribution < 1.29 is 14.7 Å². The number of hydrogen-bond acceptors (Lipinski definition) is 3. The van der Waals surface area contributed by atoms with Gasteiger partial charge in [-0.2, -0.15) is 0 Å². The lowest BCUT2D eigenvalue weighted by molar-refractivity contribution is -0.141. The summed E-state index contributed by atoms with van der Waals surface area (Å²) in [7, 11) is 0. The highest BCUT2D eigenvalue weighted by atomic mass is 79.9. The number of rotatable bonds is 2. The second kappa shape index (κ2) is 4.73. The van der Waals surface area contributed by atoms with Gasteiger partial charge in [0, 0.05) is 13.0 Å². The number of nitrogens with zero attached hydrogens (tertiary/aromatic N) is 2. The number of amides is 1. The Bertz CT molecular complexity index is 492. The van der Waals surface area contributed by atoms with Crippen molar-refractivity contribution in [3.8, 4) is 0 Å². The number of carbonyl (C=O) groups is 2. The molecule has 0 saturated carbocycles. The summed E-state index contributed by atoms with van der Waals surface area (Å²) in [5.41, 5.74) is 0.599. The van der Waals surface area contributed by atoms with Crippen molar-refractivity contribution in [2.45, 2.75) is 6.42 Å². The van der Waals surface area contributed by atoms with E-state index in [1.807, 2.05) is 0 Å². The molecule has 90 valence electrons. The van der Waals surface area contributed by atoms with Gasteiger partial charge in [-0.15, -0.1) is 0 Å². The number of pyridine rings is 1. The monoisotopic (exact) mass is 362 g/mol. The molecule has 1 amide bonds. The number of aromatic nitrogens is 1. The van der Waals surface area contributed by atoms with E-state index in [0.717, 1.165) is 0 Å². The first-order valence-electron chi connectivity index (χ1n) is 4.84. The minimum Gasteiger partial charge on any atom is -0.481 e. The topological polar surface area (TPSA) is 70.5 Å². The van der Waals surface area contributed by atoms with Crippen LogP contribution in [0, 0.1) is 5.92 Å². The number of halogens is 2. The molecule has 1 unspecified atom stereocenters. The average molecular weight is 364 g/mol. The molecular formula is C10H8Br2N2O3. The standard InChI is InChI=1S/C10H8Br2N2O3/c11-7-2-1-6(9(12)13-7)14-4-5(10(16)17)3-8(14)15/h1-2,5H,3-4H2,(H,16,17). The Morgan fingerprint density at radius 2 is 2.18 bits per heavy atom. The van der Waals surface area contributed by atoms with Gasteiger partial charge < -0.3 is 10.0 Å². The van der Waals surface area contributed by atoms with Crippen molar-refractivity contribution in [3.05, 3.63) is 21.3 Å². The number of hydrogen-bond donors (Lipinski definition) is 1. The fourth-order valence-electron chi connectivity index (χ4n) is 1.71. The van der Waals surface area contributed by atoms with E-state index in [4.69, 9.17) is 5.11 Å². The lowest BCUT2D eigenvalue weighted by Gasteiger charge is -2.17. The van der Waals surface area contributed by atoms with Gasteiger partial charge in [0.15, 0.2) is 0 Å². The summed E-state index contributed by atoms with van der Waals surface area (Å²) >= 11 is 6.48. The highest BCUT2D eigenvalue weighted by Gasteiger charge is 2.35. The van der Waals surface area contributed by atoms with Crippen molar-refractivity contribution in [1.29, 1.82) is 0 Å². The van der Waals surface area contributed by atoms with E-state index in [1.165, 1.54) is 4.90 Å². The van der Waals surface area contributed by atoms with Crippen LogP contribution in [0.2, 0.25) is 0 Å². The molecule has 1 fully saturated rings. The van der Waals surface area contributed by atoms with Gasteiger partial charge >= 0.3 is 5.97 Å². The summed E-state index contributed by atoms with van der Waals surface area (Å²) in [6.45, 7) is 0.191. The molecule has 0 radical (unpaired) electrons. The minimum atomic E-state index is -0.943. The van der Waals surface area contributed by atoms with Crippen LogP contribution >= 0.6 is 31.9 Å². The maximum Gasteiger partial charge on any atom is 0.308 e. The molecule has 5 nitrogen and oxygen atoms in total. The molecule has 1 saturated heterocycles. The van der Waals surface area contributed by atoms with Crippen LogP contribution < -0.4 is 4.90 Å². The second-order valence-corrected chi connectivity index (χ2v) is 5.25. The van der Waals surface area contributed by atoms with Crippen LogP contribution in [-0.2, 0) is 9.59 Å². The van der Waals surface area contributed by atoms with Crippen LogP contribution in [0.3, 0.4) is 0 Å². The molecule has 0 aromatic carbocycles. The summed E-state index contributed by atoms with van der Waals surface area (Å²) in [6, 6.07) is 3.44. The number of aliphatic carboxylic acids is 1. The zero-order valence-corrected chi connectivity index (χ0v) is 11.7. The summed E-state index contributed by atoms with van der Waals surface area (Å²) < 4.78 is 1.17. The van der Waals surface area contributed by atoms with Crippen LogP contribution in [0.25, 0.3) is 0 Å². The minimum absolute atomic E-state index is 0.0395. The van der Waals surface area contributed by atoms with E-state index in [2.05, 4.69) is 36.8 Å². The average Bonchev–Trinajstić information content (AvgIpc) is 2.61. The van der Waals surface area contributed by atoms with Crippen LogP contribution in [0.5, 0.6) is 0 Å². The highest BCUT2D eigenvalue weighted by Crippen LogP contribution is 2.31. The Hall–Kier alpha value is -0.950. The van der Waals surface area contributed by atoms with E-state index in [-0.39, 0.29) is 18.9 Å². The van der Waals surface area contributed by atoms with Crippen LogP contribution in [0.4, 0.5) is 5.69 Å². The third kappa shape index (κ3) is 2.50. The Balaban J connectivity index is 2.29. The molecule has 1 aromatic rings. The zero-order valence-electron chi connectivity index (χ0n) is 8.56. The SMILES string of the molecule is O=C(O)C1CC(=O)N(c2ccc(Br)nc2Br)C1. The Kier molecular flexibility index (Phi) is 3.48. The second-order valence-electron chi connectivity index (χ2n) is 3.69. The molecule has 1 aliphatic rings. The molecule has 2 heterocycles. The Morgan fingerprint density at radius 1 is 1.47 bits per heavy atom. The van der Waals surface area contributed by atoms with Crippen molar-refractivity contribution in [2.75, 3.05) is 11.4 Å². The summed E-state index contributed by atoms with van der Waals surface area (Å²) in [4.78, 5) is 28.1. The summed E-state index contributed by atoms with van der Waals surface area (Å²) in [5, 5.41) is 8.90. The van der Waals surface area contributed by atoms with Gasteiger partial charge in [-0.3, -0.25) is 9.59 Å². The molecule has 1 aromatic heterocycles. The van der Waals surface area contributed by atoms with E-state index < -0.39 is 11.9 Å². The van der Waals surface area contributed by atoms with E-state index in [9.17, 15) is 9.59 Å². The zero-order chi connectivity index (χ0) is 12.6. The van der Waals surface area contributed by atoms with E-state index in [1.54, 1.807) is 12.1 Å².